The van der Waals surface area contributed by atoms with Crippen LogP contribution in [0.15, 0.2) is 65.8 Å². The van der Waals surface area contributed by atoms with Crippen molar-refractivity contribution in [3.05, 3.63) is 76.9 Å². The number of anilines is 1. The van der Waals surface area contributed by atoms with Gasteiger partial charge in [0.15, 0.2) is 5.75 Å². The molecule has 0 fully saturated rings. The van der Waals surface area contributed by atoms with Gasteiger partial charge < -0.3 is 10.1 Å². The summed E-state index contributed by atoms with van der Waals surface area (Å²) in [6, 6.07) is 4.61. The molecule has 1 N–H and O–H groups in total. The van der Waals surface area contributed by atoms with Crippen LogP contribution in [0, 0.1) is 0 Å². The standard InChI is InChI=1S/C22H21NO/c1-2-6-15(7-3-1)17-11-13-21-20(14-17)23-19-12-10-16-8-4-5-9-18(16)22(19)24-21/h2,5-7,9-14,20-21,23H,1,3-4,8H2. The second-order valence-electron chi connectivity index (χ2n) is 6.83. The molecule has 24 heavy (non-hydrogen) atoms. The van der Waals surface area contributed by atoms with Crippen molar-refractivity contribution in [2.45, 2.75) is 37.8 Å². The minimum Gasteiger partial charge on any atom is -0.481 e. The Bertz CT molecular complexity index is 838. The summed E-state index contributed by atoms with van der Waals surface area (Å²) < 4.78 is 6.39. The van der Waals surface area contributed by atoms with Crippen LogP contribution in [0.1, 0.15) is 30.4 Å². The van der Waals surface area contributed by atoms with E-state index in [9.17, 15) is 0 Å². The maximum Gasteiger partial charge on any atom is 0.150 e. The van der Waals surface area contributed by atoms with Gasteiger partial charge in [0.05, 0.1) is 11.7 Å². The summed E-state index contributed by atoms with van der Waals surface area (Å²) in [5, 5.41) is 3.68. The van der Waals surface area contributed by atoms with Crippen LogP contribution in [0.2, 0.25) is 0 Å². The lowest BCUT2D eigenvalue weighted by molar-refractivity contribution is 0.228. The lowest BCUT2D eigenvalue weighted by atomic mass is 9.90. The van der Waals surface area contributed by atoms with Gasteiger partial charge in [-0.25, -0.2) is 0 Å². The zero-order valence-corrected chi connectivity index (χ0v) is 13.7. The minimum atomic E-state index is 0.0660. The molecule has 120 valence electrons. The lowest BCUT2D eigenvalue weighted by Gasteiger charge is -2.36. The van der Waals surface area contributed by atoms with E-state index in [0.29, 0.717) is 0 Å². The quantitative estimate of drug-likeness (QED) is 0.791. The number of ether oxygens (including phenoxy) is 1. The number of nitrogens with one attached hydrogen (secondary N) is 1. The Balaban J connectivity index is 1.49. The first-order valence-corrected chi connectivity index (χ1v) is 8.91. The van der Waals surface area contributed by atoms with Gasteiger partial charge in [0.1, 0.15) is 6.10 Å². The summed E-state index contributed by atoms with van der Waals surface area (Å²) >= 11 is 0. The van der Waals surface area contributed by atoms with E-state index >= 15 is 0 Å². The largest absolute Gasteiger partial charge is 0.481 e. The van der Waals surface area contributed by atoms with Crippen molar-refractivity contribution < 1.29 is 4.74 Å². The van der Waals surface area contributed by atoms with E-state index in [-0.39, 0.29) is 12.1 Å². The third-order valence-electron chi connectivity index (χ3n) is 5.23. The number of benzene rings is 1. The van der Waals surface area contributed by atoms with Gasteiger partial charge in [0.25, 0.3) is 0 Å². The number of fused-ring (bicyclic) bond motifs is 4. The van der Waals surface area contributed by atoms with Gasteiger partial charge in [-0.05, 0) is 54.5 Å². The molecule has 2 atom stereocenters. The molecule has 1 aromatic carbocycles. The molecule has 0 saturated carbocycles. The van der Waals surface area contributed by atoms with Crippen LogP contribution in [0.4, 0.5) is 5.69 Å². The van der Waals surface area contributed by atoms with Crippen molar-refractivity contribution in [2.24, 2.45) is 0 Å². The number of allylic oxidation sites excluding steroid dienone is 7. The third-order valence-corrected chi connectivity index (χ3v) is 5.23. The second kappa shape index (κ2) is 5.55. The monoisotopic (exact) mass is 315 g/mol. The first kappa shape index (κ1) is 13.9. The number of hydrogen-bond donors (Lipinski definition) is 1. The van der Waals surface area contributed by atoms with Gasteiger partial charge in [0.2, 0.25) is 0 Å². The maximum absolute atomic E-state index is 6.39. The Hall–Kier alpha value is -2.48. The zero-order chi connectivity index (χ0) is 15.9. The van der Waals surface area contributed by atoms with Gasteiger partial charge >= 0.3 is 0 Å². The summed E-state index contributed by atoms with van der Waals surface area (Å²) in [4.78, 5) is 0. The molecule has 1 aromatic rings. The molecule has 0 aromatic heterocycles. The fourth-order valence-corrected chi connectivity index (χ4v) is 3.96. The first-order valence-electron chi connectivity index (χ1n) is 8.91. The highest BCUT2D eigenvalue weighted by Gasteiger charge is 2.31. The Morgan fingerprint density at radius 1 is 0.958 bits per heavy atom. The van der Waals surface area contributed by atoms with E-state index in [1.807, 2.05) is 0 Å². The molecule has 0 saturated heterocycles. The normalized spacial score (nSPS) is 26.3. The minimum absolute atomic E-state index is 0.0660. The average molecular weight is 315 g/mol. The molecule has 0 bridgehead atoms. The molecule has 1 heterocycles. The summed E-state index contributed by atoms with van der Waals surface area (Å²) in [5.41, 5.74) is 6.39. The molecule has 2 nitrogen and oxygen atoms in total. The second-order valence-corrected chi connectivity index (χ2v) is 6.83. The molecule has 0 radical (unpaired) electrons. The predicted molar refractivity (Wildman–Crippen MR) is 99.3 cm³/mol. The highest BCUT2D eigenvalue weighted by molar-refractivity contribution is 5.75. The van der Waals surface area contributed by atoms with Crippen molar-refractivity contribution >= 4 is 11.8 Å². The number of rotatable bonds is 1. The molecule has 3 aliphatic carbocycles. The average Bonchev–Trinajstić information content (AvgIpc) is 2.66. The molecule has 0 spiro atoms. The fourth-order valence-electron chi connectivity index (χ4n) is 3.96. The summed E-state index contributed by atoms with van der Waals surface area (Å²) in [7, 11) is 0. The van der Waals surface area contributed by atoms with Crippen LogP contribution in [0.5, 0.6) is 5.75 Å². The van der Waals surface area contributed by atoms with Crippen LogP contribution in [-0.2, 0) is 6.42 Å². The van der Waals surface area contributed by atoms with Gasteiger partial charge in [-0.3, -0.25) is 0 Å². The molecular weight excluding hydrogens is 294 g/mol. The molecule has 2 unspecified atom stereocenters. The summed E-state index contributed by atoms with van der Waals surface area (Å²) in [5.74, 6) is 1.02. The topological polar surface area (TPSA) is 21.3 Å². The highest BCUT2D eigenvalue weighted by atomic mass is 16.5. The zero-order valence-electron chi connectivity index (χ0n) is 13.7. The van der Waals surface area contributed by atoms with Gasteiger partial charge in [-0.2, -0.15) is 0 Å². The SMILES string of the molecule is C1=CC(C2=CC3Nc4ccc5c(c4OC3C=C2)C=CCC5)=CCC1. The fraction of sp³-hybridized carbons (Fsp3) is 0.273. The number of aryl methyl sites for hydroxylation is 1. The molecule has 0 amide bonds. The lowest BCUT2D eigenvalue weighted by Crippen LogP contribution is -2.40. The third kappa shape index (κ3) is 2.25. The van der Waals surface area contributed by atoms with Crippen molar-refractivity contribution in [2.75, 3.05) is 5.32 Å². The van der Waals surface area contributed by atoms with E-state index in [1.54, 1.807) is 0 Å². The van der Waals surface area contributed by atoms with Crippen molar-refractivity contribution in [1.82, 2.24) is 0 Å². The van der Waals surface area contributed by atoms with E-state index in [0.717, 1.165) is 37.1 Å². The molecule has 2 heteroatoms. The van der Waals surface area contributed by atoms with Gasteiger partial charge in [0, 0.05) is 5.56 Å². The van der Waals surface area contributed by atoms with E-state index in [2.05, 4.69) is 66.1 Å². The van der Waals surface area contributed by atoms with Crippen LogP contribution >= 0.6 is 0 Å². The predicted octanol–water partition coefficient (Wildman–Crippen LogP) is 4.96. The first-order chi connectivity index (χ1) is 11.9. The Morgan fingerprint density at radius 2 is 1.92 bits per heavy atom. The van der Waals surface area contributed by atoms with Crippen molar-refractivity contribution in [3.63, 3.8) is 0 Å². The van der Waals surface area contributed by atoms with Crippen LogP contribution in [0.3, 0.4) is 0 Å². The molecule has 5 rings (SSSR count). The Labute approximate surface area is 142 Å². The molecule has 4 aliphatic rings. The molecular formula is C22H21NO. The highest BCUT2D eigenvalue weighted by Crippen LogP contribution is 2.41. The van der Waals surface area contributed by atoms with Crippen LogP contribution in [0.25, 0.3) is 6.08 Å². The summed E-state index contributed by atoms with van der Waals surface area (Å²) in [6.07, 6.45) is 22.6. The van der Waals surface area contributed by atoms with Gasteiger partial charge in [-0.15, -0.1) is 0 Å². The Kier molecular flexibility index (Phi) is 3.22. The van der Waals surface area contributed by atoms with Gasteiger partial charge in [-0.1, -0.05) is 48.6 Å². The van der Waals surface area contributed by atoms with Crippen molar-refractivity contribution in [1.29, 1.82) is 0 Å². The smallest absolute Gasteiger partial charge is 0.150 e. The maximum atomic E-state index is 6.39. The Morgan fingerprint density at radius 3 is 2.83 bits per heavy atom. The van der Waals surface area contributed by atoms with E-state index < -0.39 is 0 Å². The van der Waals surface area contributed by atoms with E-state index in [4.69, 9.17) is 4.74 Å². The van der Waals surface area contributed by atoms with Crippen LogP contribution < -0.4 is 10.1 Å². The molecule has 1 aliphatic heterocycles. The van der Waals surface area contributed by atoms with Crippen molar-refractivity contribution in [3.8, 4) is 5.75 Å². The number of hydrogen-bond acceptors (Lipinski definition) is 2. The van der Waals surface area contributed by atoms with E-state index in [1.165, 1.54) is 22.3 Å². The van der Waals surface area contributed by atoms with Crippen LogP contribution in [-0.4, -0.2) is 12.1 Å². The summed E-state index contributed by atoms with van der Waals surface area (Å²) in [6.45, 7) is 0.